The second-order valence-electron chi connectivity index (χ2n) is 4.32. The van der Waals surface area contributed by atoms with Crippen molar-refractivity contribution < 1.29 is 0 Å². The molecule has 0 saturated carbocycles. The van der Waals surface area contributed by atoms with Gasteiger partial charge in [0.15, 0.2) is 0 Å². The number of rotatable bonds is 1. The van der Waals surface area contributed by atoms with E-state index < -0.39 is 0 Å². The summed E-state index contributed by atoms with van der Waals surface area (Å²) in [6, 6.07) is 2.33. The summed E-state index contributed by atoms with van der Waals surface area (Å²) in [6.07, 6.45) is 7.69. The highest BCUT2D eigenvalue weighted by Crippen LogP contribution is 2.30. The van der Waals surface area contributed by atoms with Crippen molar-refractivity contribution in [3.8, 4) is 0 Å². The number of aryl methyl sites for hydroxylation is 1. The Morgan fingerprint density at radius 1 is 1.21 bits per heavy atom. The zero-order valence-electron chi connectivity index (χ0n) is 9.43. The van der Waals surface area contributed by atoms with E-state index in [1.807, 2.05) is 0 Å². The average molecular weight is 189 g/mol. The Hall–Kier alpha value is -0.980. The monoisotopic (exact) mass is 189 g/mol. The van der Waals surface area contributed by atoms with Gasteiger partial charge in [-0.1, -0.05) is 6.08 Å². The van der Waals surface area contributed by atoms with Gasteiger partial charge in [-0.25, -0.2) is 0 Å². The molecule has 0 bridgehead atoms. The van der Waals surface area contributed by atoms with Gasteiger partial charge in [-0.15, -0.1) is 0 Å². The first-order valence-electron chi connectivity index (χ1n) is 5.52. The van der Waals surface area contributed by atoms with Gasteiger partial charge in [0.1, 0.15) is 0 Å². The summed E-state index contributed by atoms with van der Waals surface area (Å²) in [5, 5.41) is 0. The lowest BCUT2D eigenvalue weighted by molar-refractivity contribution is 0.740. The van der Waals surface area contributed by atoms with Crippen LogP contribution in [-0.2, 0) is 7.05 Å². The van der Waals surface area contributed by atoms with E-state index in [0.717, 1.165) is 0 Å². The molecule has 0 radical (unpaired) electrons. The summed E-state index contributed by atoms with van der Waals surface area (Å²) in [7, 11) is 2.15. The van der Waals surface area contributed by atoms with Crippen molar-refractivity contribution in [2.75, 3.05) is 0 Å². The van der Waals surface area contributed by atoms with Gasteiger partial charge in [-0.05, 0) is 56.7 Å². The summed E-state index contributed by atoms with van der Waals surface area (Å²) in [5.41, 5.74) is 5.82. The summed E-state index contributed by atoms with van der Waals surface area (Å²) >= 11 is 0. The molecule has 0 atom stereocenters. The van der Waals surface area contributed by atoms with Crippen LogP contribution in [0.1, 0.15) is 42.6 Å². The summed E-state index contributed by atoms with van der Waals surface area (Å²) < 4.78 is 2.28. The van der Waals surface area contributed by atoms with Crippen LogP contribution in [0.3, 0.4) is 0 Å². The number of allylic oxidation sites excluding steroid dienone is 2. The molecule has 1 aliphatic carbocycles. The highest BCUT2D eigenvalue weighted by Gasteiger charge is 2.12. The quantitative estimate of drug-likeness (QED) is 0.636. The molecule has 1 nitrogen and oxygen atoms in total. The van der Waals surface area contributed by atoms with E-state index >= 15 is 0 Å². The molecule has 0 saturated heterocycles. The number of hydrogen-bond donors (Lipinski definition) is 0. The van der Waals surface area contributed by atoms with Gasteiger partial charge in [0.25, 0.3) is 0 Å². The van der Waals surface area contributed by atoms with E-state index in [0.29, 0.717) is 0 Å². The third-order valence-corrected chi connectivity index (χ3v) is 3.41. The minimum Gasteiger partial charge on any atom is -0.352 e. The predicted molar refractivity (Wildman–Crippen MR) is 61.3 cm³/mol. The summed E-state index contributed by atoms with van der Waals surface area (Å²) in [5.74, 6) is 0. The Balaban J connectivity index is 2.40. The first kappa shape index (κ1) is 9.57. The van der Waals surface area contributed by atoms with Crippen LogP contribution in [0.2, 0.25) is 0 Å². The maximum atomic E-state index is 2.42. The van der Waals surface area contributed by atoms with Crippen molar-refractivity contribution >= 4 is 5.57 Å². The van der Waals surface area contributed by atoms with Crippen LogP contribution in [0.5, 0.6) is 0 Å². The lowest BCUT2D eigenvalue weighted by atomic mass is 9.94. The first-order chi connectivity index (χ1) is 6.70. The van der Waals surface area contributed by atoms with Crippen molar-refractivity contribution in [1.82, 2.24) is 4.57 Å². The third kappa shape index (κ3) is 1.52. The molecule has 0 aromatic carbocycles. The Morgan fingerprint density at radius 2 is 2.00 bits per heavy atom. The highest BCUT2D eigenvalue weighted by atomic mass is 14.9. The number of nitrogens with zero attached hydrogens (tertiary/aromatic N) is 1. The molecule has 1 heterocycles. The Morgan fingerprint density at radius 3 is 2.50 bits per heavy atom. The summed E-state index contributed by atoms with van der Waals surface area (Å²) in [6.45, 7) is 4.40. The van der Waals surface area contributed by atoms with Crippen LogP contribution in [-0.4, -0.2) is 4.57 Å². The molecule has 1 aromatic rings. The zero-order valence-corrected chi connectivity index (χ0v) is 9.43. The Labute approximate surface area is 86.4 Å². The lowest BCUT2D eigenvalue weighted by Gasteiger charge is -2.12. The van der Waals surface area contributed by atoms with E-state index in [4.69, 9.17) is 0 Å². The van der Waals surface area contributed by atoms with Crippen LogP contribution in [0, 0.1) is 13.8 Å². The molecule has 0 N–H and O–H groups in total. The van der Waals surface area contributed by atoms with Gasteiger partial charge in [-0.2, -0.15) is 0 Å². The molecular formula is C13H19N. The lowest BCUT2D eigenvalue weighted by Crippen LogP contribution is -1.96. The Bertz CT molecular complexity index is 369. The van der Waals surface area contributed by atoms with Gasteiger partial charge in [-0.3, -0.25) is 0 Å². The van der Waals surface area contributed by atoms with Gasteiger partial charge in [0.05, 0.1) is 0 Å². The molecule has 0 unspecified atom stereocenters. The SMILES string of the molecule is Cc1cc(C2=CCCCC2)c(C)n1C. The van der Waals surface area contributed by atoms with Gasteiger partial charge >= 0.3 is 0 Å². The zero-order chi connectivity index (χ0) is 10.1. The fourth-order valence-electron chi connectivity index (χ4n) is 2.26. The molecule has 76 valence electrons. The van der Waals surface area contributed by atoms with Crippen molar-refractivity contribution in [2.45, 2.75) is 39.5 Å². The molecule has 1 aliphatic rings. The topological polar surface area (TPSA) is 4.93 Å². The van der Waals surface area contributed by atoms with E-state index in [2.05, 4.69) is 37.6 Å². The molecule has 14 heavy (non-hydrogen) atoms. The predicted octanol–water partition coefficient (Wildman–Crippen LogP) is 3.60. The van der Waals surface area contributed by atoms with Gasteiger partial charge in [0, 0.05) is 18.4 Å². The van der Waals surface area contributed by atoms with Crippen LogP contribution >= 0.6 is 0 Å². The average Bonchev–Trinajstić information content (AvgIpc) is 2.47. The maximum absolute atomic E-state index is 2.42. The van der Waals surface area contributed by atoms with Crippen LogP contribution < -0.4 is 0 Å². The number of aromatic nitrogens is 1. The van der Waals surface area contributed by atoms with Crippen molar-refractivity contribution in [3.05, 3.63) is 29.1 Å². The molecule has 2 rings (SSSR count). The highest BCUT2D eigenvalue weighted by molar-refractivity contribution is 5.68. The van der Waals surface area contributed by atoms with Crippen molar-refractivity contribution in [2.24, 2.45) is 7.05 Å². The maximum Gasteiger partial charge on any atom is 0.0218 e. The molecule has 0 amide bonds. The largest absolute Gasteiger partial charge is 0.352 e. The van der Waals surface area contributed by atoms with Crippen molar-refractivity contribution in [1.29, 1.82) is 0 Å². The number of hydrogen-bond acceptors (Lipinski definition) is 0. The van der Waals surface area contributed by atoms with Crippen LogP contribution in [0.4, 0.5) is 0 Å². The van der Waals surface area contributed by atoms with E-state index in [-0.39, 0.29) is 0 Å². The van der Waals surface area contributed by atoms with Gasteiger partial charge in [0.2, 0.25) is 0 Å². The van der Waals surface area contributed by atoms with E-state index in [1.54, 1.807) is 5.57 Å². The minimum atomic E-state index is 1.27. The second kappa shape index (κ2) is 3.64. The molecule has 0 fully saturated rings. The molecule has 1 aromatic heterocycles. The summed E-state index contributed by atoms with van der Waals surface area (Å²) in [4.78, 5) is 0. The van der Waals surface area contributed by atoms with Crippen LogP contribution in [0.15, 0.2) is 12.1 Å². The molecule has 0 aliphatic heterocycles. The van der Waals surface area contributed by atoms with Crippen molar-refractivity contribution in [3.63, 3.8) is 0 Å². The fraction of sp³-hybridized carbons (Fsp3) is 0.538. The first-order valence-corrected chi connectivity index (χ1v) is 5.52. The van der Waals surface area contributed by atoms with E-state index in [9.17, 15) is 0 Å². The van der Waals surface area contributed by atoms with Crippen LogP contribution in [0.25, 0.3) is 5.57 Å². The third-order valence-electron chi connectivity index (χ3n) is 3.41. The second-order valence-corrected chi connectivity index (χ2v) is 4.32. The fourth-order valence-corrected chi connectivity index (χ4v) is 2.26. The van der Waals surface area contributed by atoms with E-state index in [1.165, 1.54) is 42.6 Å². The molecular weight excluding hydrogens is 170 g/mol. The van der Waals surface area contributed by atoms with Gasteiger partial charge < -0.3 is 4.57 Å². The minimum absolute atomic E-state index is 1.27. The molecule has 0 spiro atoms. The Kier molecular flexibility index (Phi) is 2.49. The standard InChI is InChI=1S/C13H19N/c1-10-9-13(11(2)14(10)3)12-7-5-4-6-8-12/h7,9H,4-6,8H2,1-3H3. The normalized spacial score (nSPS) is 16.9. The molecule has 1 heteroatoms. The smallest absolute Gasteiger partial charge is 0.0218 e.